The molecular formula is C16H13N3O3S. The van der Waals surface area contributed by atoms with Crippen LogP contribution in [0.1, 0.15) is 21.5 Å². The zero-order valence-electron chi connectivity index (χ0n) is 12.5. The van der Waals surface area contributed by atoms with Crippen LogP contribution in [0, 0.1) is 24.0 Å². The number of benzene rings is 2. The molecule has 0 aliphatic carbocycles. The third-order valence-electron chi connectivity index (χ3n) is 3.43. The number of anilines is 1. The maximum Gasteiger partial charge on any atom is 0.273 e. The first-order valence-corrected chi connectivity index (χ1v) is 7.69. The van der Waals surface area contributed by atoms with Crippen molar-refractivity contribution >= 4 is 38.3 Å². The van der Waals surface area contributed by atoms with Gasteiger partial charge in [-0.25, -0.2) is 4.98 Å². The van der Waals surface area contributed by atoms with Crippen molar-refractivity contribution in [2.75, 3.05) is 5.32 Å². The van der Waals surface area contributed by atoms with Crippen LogP contribution in [0.5, 0.6) is 0 Å². The van der Waals surface area contributed by atoms with Gasteiger partial charge in [0.15, 0.2) is 5.13 Å². The molecule has 0 atom stereocenters. The van der Waals surface area contributed by atoms with Crippen molar-refractivity contribution in [3.05, 3.63) is 63.2 Å². The lowest BCUT2D eigenvalue weighted by Gasteiger charge is -2.03. The summed E-state index contributed by atoms with van der Waals surface area (Å²) in [5.41, 5.74) is 2.61. The molecule has 0 saturated heterocycles. The van der Waals surface area contributed by atoms with Crippen LogP contribution >= 0.6 is 11.3 Å². The van der Waals surface area contributed by atoms with Crippen molar-refractivity contribution in [3.63, 3.8) is 0 Å². The van der Waals surface area contributed by atoms with Gasteiger partial charge >= 0.3 is 0 Å². The average Bonchev–Trinajstić information content (AvgIpc) is 2.88. The number of carbonyl (C=O) groups is 1. The molecule has 0 saturated carbocycles. The van der Waals surface area contributed by atoms with E-state index in [0.717, 1.165) is 15.8 Å². The van der Waals surface area contributed by atoms with E-state index in [9.17, 15) is 14.9 Å². The van der Waals surface area contributed by atoms with Crippen LogP contribution in [0.25, 0.3) is 10.2 Å². The Morgan fingerprint density at radius 1 is 1.22 bits per heavy atom. The Hall–Kier alpha value is -2.80. The van der Waals surface area contributed by atoms with E-state index in [2.05, 4.69) is 10.3 Å². The molecule has 0 spiro atoms. The first-order chi connectivity index (χ1) is 10.9. The van der Waals surface area contributed by atoms with E-state index in [0.29, 0.717) is 10.7 Å². The summed E-state index contributed by atoms with van der Waals surface area (Å²) in [6.45, 7) is 3.62. The van der Waals surface area contributed by atoms with Gasteiger partial charge in [-0.2, -0.15) is 0 Å². The zero-order chi connectivity index (χ0) is 16.6. The van der Waals surface area contributed by atoms with Gasteiger partial charge in [-0.3, -0.25) is 20.2 Å². The Kier molecular flexibility index (Phi) is 3.79. The van der Waals surface area contributed by atoms with Crippen LogP contribution in [0.3, 0.4) is 0 Å². The summed E-state index contributed by atoms with van der Waals surface area (Å²) in [6.07, 6.45) is 0. The molecule has 0 aliphatic rings. The summed E-state index contributed by atoms with van der Waals surface area (Å²) >= 11 is 1.37. The topological polar surface area (TPSA) is 85.1 Å². The van der Waals surface area contributed by atoms with Crippen molar-refractivity contribution < 1.29 is 9.72 Å². The number of nitro benzene ring substituents is 1. The Labute approximate surface area is 135 Å². The number of amides is 1. The predicted molar refractivity (Wildman–Crippen MR) is 90.1 cm³/mol. The molecule has 1 heterocycles. The normalized spacial score (nSPS) is 10.7. The van der Waals surface area contributed by atoms with Gasteiger partial charge in [0.2, 0.25) is 0 Å². The van der Waals surface area contributed by atoms with Crippen molar-refractivity contribution in [2.24, 2.45) is 0 Å². The average molecular weight is 327 g/mol. The van der Waals surface area contributed by atoms with Gasteiger partial charge in [-0.1, -0.05) is 23.5 Å². The van der Waals surface area contributed by atoms with Crippen LogP contribution in [0.2, 0.25) is 0 Å². The molecule has 6 nitrogen and oxygen atoms in total. The highest BCUT2D eigenvalue weighted by Gasteiger charge is 2.16. The Morgan fingerprint density at radius 3 is 2.74 bits per heavy atom. The summed E-state index contributed by atoms with van der Waals surface area (Å²) in [5, 5.41) is 14.1. The third kappa shape index (κ3) is 3.04. The van der Waals surface area contributed by atoms with Crippen molar-refractivity contribution in [2.45, 2.75) is 13.8 Å². The first kappa shape index (κ1) is 15.1. The molecule has 0 bridgehead atoms. The molecule has 7 heteroatoms. The van der Waals surface area contributed by atoms with Crippen molar-refractivity contribution in [3.8, 4) is 0 Å². The SMILES string of the molecule is Cc1ccc2nc(NC(=O)c3ccc(C)c([N+](=O)[O-])c3)sc2c1. The highest BCUT2D eigenvalue weighted by molar-refractivity contribution is 7.22. The Bertz CT molecular complexity index is 933. The molecule has 0 radical (unpaired) electrons. The molecule has 3 rings (SSSR count). The number of nitro groups is 1. The molecule has 1 N–H and O–H groups in total. The number of hydrogen-bond donors (Lipinski definition) is 1. The van der Waals surface area contributed by atoms with Crippen molar-refractivity contribution in [1.82, 2.24) is 4.98 Å². The number of thiazole rings is 1. The zero-order valence-corrected chi connectivity index (χ0v) is 13.3. The maximum absolute atomic E-state index is 12.3. The van der Waals surface area contributed by atoms with E-state index in [1.54, 1.807) is 19.1 Å². The van der Waals surface area contributed by atoms with Gasteiger partial charge in [0.1, 0.15) is 0 Å². The second-order valence-electron chi connectivity index (χ2n) is 5.20. The molecular weight excluding hydrogens is 314 g/mol. The van der Waals surface area contributed by atoms with Gasteiger partial charge in [0.05, 0.1) is 15.1 Å². The van der Waals surface area contributed by atoms with Crippen LogP contribution in [-0.4, -0.2) is 15.8 Å². The Morgan fingerprint density at radius 2 is 2.00 bits per heavy atom. The van der Waals surface area contributed by atoms with E-state index in [4.69, 9.17) is 0 Å². The van der Waals surface area contributed by atoms with E-state index in [1.165, 1.54) is 17.4 Å². The summed E-state index contributed by atoms with van der Waals surface area (Å²) < 4.78 is 0.982. The lowest BCUT2D eigenvalue weighted by atomic mass is 10.1. The molecule has 2 aromatic carbocycles. The molecule has 0 fully saturated rings. The number of hydrogen-bond acceptors (Lipinski definition) is 5. The summed E-state index contributed by atoms with van der Waals surface area (Å²) in [4.78, 5) is 27.1. The second kappa shape index (κ2) is 5.77. The predicted octanol–water partition coefficient (Wildman–Crippen LogP) is 4.07. The minimum atomic E-state index is -0.493. The third-order valence-corrected chi connectivity index (χ3v) is 4.37. The number of aryl methyl sites for hydroxylation is 2. The summed E-state index contributed by atoms with van der Waals surface area (Å²) in [7, 11) is 0. The number of nitrogens with one attached hydrogen (secondary N) is 1. The molecule has 3 aromatic rings. The van der Waals surface area contributed by atoms with Gasteiger partial charge < -0.3 is 0 Å². The first-order valence-electron chi connectivity index (χ1n) is 6.87. The quantitative estimate of drug-likeness (QED) is 0.580. The molecule has 116 valence electrons. The van der Waals surface area contributed by atoms with Crippen LogP contribution in [0.15, 0.2) is 36.4 Å². The van der Waals surface area contributed by atoms with Crippen LogP contribution in [0.4, 0.5) is 10.8 Å². The molecule has 0 unspecified atom stereocenters. The standard InChI is InChI=1S/C16H13N3O3S/c1-9-3-6-12-14(7-9)23-16(17-12)18-15(20)11-5-4-10(2)13(8-11)19(21)22/h3-8H,1-2H3,(H,17,18,20). The highest BCUT2D eigenvalue weighted by Crippen LogP contribution is 2.27. The van der Waals surface area contributed by atoms with Crippen LogP contribution < -0.4 is 5.32 Å². The smallest absolute Gasteiger partial charge is 0.273 e. The monoisotopic (exact) mass is 327 g/mol. The molecule has 0 aliphatic heterocycles. The van der Waals surface area contributed by atoms with Gasteiger partial charge in [-0.15, -0.1) is 0 Å². The van der Waals surface area contributed by atoms with E-state index >= 15 is 0 Å². The van der Waals surface area contributed by atoms with Gasteiger partial charge in [0.25, 0.3) is 11.6 Å². The molecule has 1 amide bonds. The lowest BCUT2D eigenvalue weighted by Crippen LogP contribution is -2.12. The van der Waals surface area contributed by atoms with Gasteiger partial charge in [0, 0.05) is 17.2 Å². The minimum absolute atomic E-state index is 0.0717. The van der Waals surface area contributed by atoms with Gasteiger partial charge in [-0.05, 0) is 37.6 Å². The van der Waals surface area contributed by atoms with Crippen molar-refractivity contribution in [1.29, 1.82) is 0 Å². The summed E-state index contributed by atoms with van der Waals surface area (Å²) in [5.74, 6) is -0.413. The van der Waals surface area contributed by atoms with E-state index in [-0.39, 0.29) is 11.3 Å². The number of nitrogens with zero attached hydrogens (tertiary/aromatic N) is 2. The summed E-state index contributed by atoms with van der Waals surface area (Å²) in [6, 6.07) is 10.3. The second-order valence-corrected chi connectivity index (χ2v) is 6.23. The number of fused-ring (bicyclic) bond motifs is 1. The highest BCUT2D eigenvalue weighted by atomic mass is 32.1. The minimum Gasteiger partial charge on any atom is -0.298 e. The largest absolute Gasteiger partial charge is 0.298 e. The fraction of sp³-hybridized carbons (Fsp3) is 0.125. The lowest BCUT2D eigenvalue weighted by molar-refractivity contribution is -0.385. The number of aromatic nitrogens is 1. The number of carbonyl (C=O) groups excluding carboxylic acids is 1. The van der Waals surface area contributed by atoms with E-state index < -0.39 is 10.8 Å². The Balaban J connectivity index is 1.88. The number of rotatable bonds is 3. The van der Waals surface area contributed by atoms with E-state index in [1.807, 2.05) is 25.1 Å². The molecule has 1 aromatic heterocycles. The van der Waals surface area contributed by atoms with Crippen LogP contribution in [-0.2, 0) is 0 Å². The fourth-order valence-electron chi connectivity index (χ4n) is 2.20. The molecule has 23 heavy (non-hydrogen) atoms. The fourth-order valence-corrected chi connectivity index (χ4v) is 3.16. The maximum atomic E-state index is 12.3.